The molecule has 1 heterocycles. The molecule has 0 aliphatic heterocycles. The van der Waals surface area contributed by atoms with Crippen molar-refractivity contribution in [2.75, 3.05) is 30.4 Å². The lowest BCUT2D eigenvalue weighted by molar-refractivity contribution is -0.384. The predicted octanol–water partition coefficient (Wildman–Crippen LogP) is 2.51. The number of nitrogens with one attached hydrogen (secondary N) is 1. The summed E-state index contributed by atoms with van der Waals surface area (Å²) in [7, 11) is 1.87. The van der Waals surface area contributed by atoms with Gasteiger partial charge in [0.2, 0.25) is 5.82 Å². The zero-order chi connectivity index (χ0) is 14.0. The lowest BCUT2D eigenvalue weighted by Crippen LogP contribution is -2.23. The topological polar surface area (TPSA) is 71.3 Å². The van der Waals surface area contributed by atoms with E-state index in [1.165, 1.54) is 12.5 Å². The summed E-state index contributed by atoms with van der Waals surface area (Å²) in [6, 6.07) is 3.17. The Bertz CT molecular complexity index is 478. The minimum atomic E-state index is -0.370. The molecule has 1 aliphatic carbocycles. The summed E-state index contributed by atoms with van der Waals surface area (Å²) in [6.07, 6.45) is 1.20. The summed E-state index contributed by atoms with van der Waals surface area (Å²) >= 11 is 0. The molecule has 2 unspecified atom stereocenters. The minimum absolute atomic E-state index is 0.0671. The van der Waals surface area contributed by atoms with Gasteiger partial charge in [-0.3, -0.25) is 10.1 Å². The van der Waals surface area contributed by atoms with Crippen LogP contribution in [0.4, 0.5) is 17.3 Å². The summed E-state index contributed by atoms with van der Waals surface area (Å²) in [5.74, 6) is 2.48. The standard InChI is InChI=1S/C13H20N4O2/c1-4-14-12-6-5-11(17(18)19)13(15-12)16(3)8-10-7-9(10)2/h5-6,9-10H,4,7-8H2,1-3H3,(H,14,15). The molecule has 2 atom stereocenters. The van der Waals surface area contributed by atoms with Crippen LogP contribution >= 0.6 is 0 Å². The lowest BCUT2D eigenvalue weighted by atomic mass is 10.3. The second-order valence-electron chi connectivity index (χ2n) is 5.18. The van der Waals surface area contributed by atoms with Crippen LogP contribution < -0.4 is 10.2 Å². The number of pyridine rings is 1. The maximum absolute atomic E-state index is 11.1. The second kappa shape index (κ2) is 5.42. The maximum atomic E-state index is 11.1. The van der Waals surface area contributed by atoms with E-state index in [4.69, 9.17) is 0 Å². The van der Waals surface area contributed by atoms with Crippen molar-refractivity contribution in [1.82, 2.24) is 4.98 Å². The first-order chi connectivity index (χ1) is 9.02. The van der Waals surface area contributed by atoms with Gasteiger partial charge >= 0.3 is 5.69 Å². The highest BCUT2D eigenvalue weighted by Crippen LogP contribution is 2.39. The summed E-state index contributed by atoms with van der Waals surface area (Å²) in [4.78, 5) is 17.0. The van der Waals surface area contributed by atoms with Crippen LogP contribution in [0.3, 0.4) is 0 Å². The number of anilines is 2. The summed E-state index contributed by atoms with van der Waals surface area (Å²) in [5, 5.41) is 14.2. The highest BCUT2D eigenvalue weighted by Gasteiger charge is 2.34. The van der Waals surface area contributed by atoms with Crippen LogP contribution in [0, 0.1) is 22.0 Å². The monoisotopic (exact) mass is 264 g/mol. The van der Waals surface area contributed by atoms with Gasteiger partial charge in [0.25, 0.3) is 0 Å². The summed E-state index contributed by atoms with van der Waals surface area (Å²) in [6.45, 7) is 5.74. The van der Waals surface area contributed by atoms with Crippen molar-refractivity contribution in [3.05, 3.63) is 22.2 Å². The van der Waals surface area contributed by atoms with Crippen LogP contribution in [0.15, 0.2) is 12.1 Å². The number of nitro groups is 1. The summed E-state index contributed by atoms with van der Waals surface area (Å²) in [5.41, 5.74) is 0.0671. The fraction of sp³-hybridized carbons (Fsp3) is 0.615. The van der Waals surface area contributed by atoms with Gasteiger partial charge in [-0.05, 0) is 31.2 Å². The van der Waals surface area contributed by atoms with E-state index in [-0.39, 0.29) is 10.6 Å². The quantitative estimate of drug-likeness (QED) is 0.631. The van der Waals surface area contributed by atoms with Crippen LogP contribution in [0.25, 0.3) is 0 Å². The average molecular weight is 264 g/mol. The number of aromatic nitrogens is 1. The third-order valence-corrected chi connectivity index (χ3v) is 3.56. The maximum Gasteiger partial charge on any atom is 0.311 e. The molecule has 0 aromatic carbocycles. The van der Waals surface area contributed by atoms with E-state index in [0.717, 1.165) is 19.0 Å². The highest BCUT2D eigenvalue weighted by atomic mass is 16.6. The molecule has 104 valence electrons. The highest BCUT2D eigenvalue weighted by molar-refractivity contribution is 5.61. The normalized spacial score (nSPS) is 21.0. The van der Waals surface area contributed by atoms with Gasteiger partial charge in [0.15, 0.2) is 0 Å². The summed E-state index contributed by atoms with van der Waals surface area (Å²) < 4.78 is 0. The van der Waals surface area contributed by atoms with E-state index in [1.807, 2.05) is 18.9 Å². The molecule has 2 rings (SSSR count). The number of nitrogens with zero attached hydrogens (tertiary/aromatic N) is 3. The first-order valence-corrected chi connectivity index (χ1v) is 6.63. The van der Waals surface area contributed by atoms with E-state index < -0.39 is 0 Å². The second-order valence-corrected chi connectivity index (χ2v) is 5.18. The van der Waals surface area contributed by atoms with E-state index in [1.54, 1.807) is 6.07 Å². The molecular weight excluding hydrogens is 244 g/mol. The van der Waals surface area contributed by atoms with Crippen LogP contribution in [0.5, 0.6) is 0 Å². The zero-order valence-electron chi connectivity index (χ0n) is 11.6. The van der Waals surface area contributed by atoms with Crippen molar-refractivity contribution in [3.63, 3.8) is 0 Å². The molecule has 1 fully saturated rings. The minimum Gasteiger partial charge on any atom is -0.370 e. The van der Waals surface area contributed by atoms with Crippen LogP contribution in [0.2, 0.25) is 0 Å². The zero-order valence-corrected chi connectivity index (χ0v) is 11.6. The Kier molecular flexibility index (Phi) is 3.87. The van der Waals surface area contributed by atoms with Gasteiger partial charge in [0.05, 0.1) is 4.92 Å². The molecule has 0 bridgehead atoms. The van der Waals surface area contributed by atoms with Gasteiger partial charge in [0.1, 0.15) is 5.82 Å². The lowest BCUT2D eigenvalue weighted by Gasteiger charge is -2.18. The Morgan fingerprint density at radius 3 is 2.79 bits per heavy atom. The third-order valence-electron chi connectivity index (χ3n) is 3.56. The first-order valence-electron chi connectivity index (χ1n) is 6.63. The number of hydrogen-bond acceptors (Lipinski definition) is 5. The van der Waals surface area contributed by atoms with Gasteiger partial charge in [-0.25, -0.2) is 4.98 Å². The first kappa shape index (κ1) is 13.6. The van der Waals surface area contributed by atoms with E-state index in [2.05, 4.69) is 17.2 Å². The van der Waals surface area contributed by atoms with E-state index in [9.17, 15) is 10.1 Å². The SMILES string of the molecule is CCNc1ccc([N+](=O)[O-])c(N(C)CC2CC2C)n1. The predicted molar refractivity (Wildman–Crippen MR) is 75.6 cm³/mol. The van der Waals surface area contributed by atoms with Gasteiger partial charge < -0.3 is 10.2 Å². The van der Waals surface area contributed by atoms with Crippen molar-refractivity contribution in [1.29, 1.82) is 0 Å². The molecule has 0 radical (unpaired) electrons. The molecule has 1 aromatic heterocycles. The van der Waals surface area contributed by atoms with Crippen molar-refractivity contribution in [2.24, 2.45) is 11.8 Å². The van der Waals surface area contributed by atoms with Crippen LogP contribution in [-0.2, 0) is 0 Å². The largest absolute Gasteiger partial charge is 0.370 e. The van der Waals surface area contributed by atoms with Gasteiger partial charge in [0, 0.05) is 26.2 Å². The van der Waals surface area contributed by atoms with Crippen LogP contribution in [0.1, 0.15) is 20.3 Å². The Morgan fingerprint density at radius 1 is 1.58 bits per heavy atom. The number of hydrogen-bond donors (Lipinski definition) is 1. The molecular formula is C13H20N4O2. The molecule has 0 amide bonds. The van der Waals surface area contributed by atoms with Crippen molar-refractivity contribution >= 4 is 17.3 Å². The van der Waals surface area contributed by atoms with Gasteiger partial charge in [-0.2, -0.15) is 0 Å². The van der Waals surface area contributed by atoms with Gasteiger partial charge in [-0.1, -0.05) is 6.92 Å². The molecule has 1 aromatic rings. The van der Waals surface area contributed by atoms with Crippen molar-refractivity contribution in [2.45, 2.75) is 20.3 Å². The van der Waals surface area contributed by atoms with Crippen LogP contribution in [-0.4, -0.2) is 30.0 Å². The molecule has 19 heavy (non-hydrogen) atoms. The molecule has 6 nitrogen and oxygen atoms in total. The Morgan fingerprint density at radius 2 is 2.26 bits per heavy atom. The average Bonchev–Trinajstić information content (AvgIpc) is 3.04. The van der Waals surface area contributed by atoms with E-state index >= 15 is 0 Å². The number of rotatable bonds is 6. The Hall–Kier alpha value is -1.85. The Balaban J connectivity index is 2.22. The van der Waals surface area contributed by atoms with Crippen molar-refractivity contribution in [3.8, 4) is 0 Å². The van der Waals surface area contributed by atoms with Crippen molar-refractivity contribution < 1.29 is 4.92 Å². The van der Waals surface area contributed by atoms with Gasteiger partial charge in [-0.15, -0.1) is 0 Å². The fourth-order valence-corrected chi connectivity index (χ4v) is 2.24. The fourth-order valence-electron chi connectivity index (χ4n) is 2.24. The molecule has 6 heteroatoms. The molecule has 0 spiro atoms. The third kappa shape index (κ3) is 3.13. The smallest absolute Gasteiger partial charge is 0.311 e. The molecule has 1 saturated carbocycles. The molecule has 1 aliphatic rings. The Labute approximate surface area is 113 Å². The molecule has 0 saturated heterocycles. The van der Waals surface area contributed by atoms with E-state index in [0.29, 0.717) is 17.6 Å². The molecule has 1 N–H and O–H groups in total.